The number of nitro groups is 1. The molecule has 172 valence electrons. The number of rotatable bonds is 6. The zero-order valence-corrected chi connectivity index (χ0v) is 19.2. The maximum atomic E-state index is 14.1. The van der Waals surface area contributed by atoms with E-state index in [2.05, 4.69) is 0 Å². The third-order valence-corrected chi connectivity index (χ3v) is 7.38. The topological polar surface area (TPSA) is 95.1 Å². The number of nitrogens with zero attached hydrogens (tertiary/aromatic N) is 3. The zero-order chi connectivity index (χ0) is 24.4. The molecule has 7 nitrogen and oxygen atoms in total. The van der Waals surface area contributed by atoms with Crippen LogP contribution in [-0.4, -0.2) is 23.1 Å². The van der Waals surface area contributed by atoms with E-state index >= 15 is 0 Å². The molecule has 0 amide bonds. The standard InChI is InChI=1S/C27H19N3O4S/c31-30(32)23-18-16-21(17-19-23)26-27(35(33,34)24-14-8-3-9-15-24)25(20-10-4-1-5-11-20)28-29(26)22-12-6-2-7-13-22/h1-19H. The fourth-order valence-corrected chi connectivity index (χ4v) is 5.53. The van der Waals surface area contributed by atoms with E-state index in [1.165, 1.54) is 12.1 Å². The van der Waals surface area contributed by atoms with Gasteiger partial charge in [0.1, 0.15) is 10.6 Å². The maximum Gasteiger partial charge on any atom is 0.269 e. The van der Waals surface area contributed by atoms with Crippen molar-refractivity contribution in [3.63, 3.8) is 0 Å². The molecular formula is C27H19N3O4S. The van der Waals surface area contributed by atoms with Crippen LogP contribution < -0.4 is 0 Å². The summed E-state index contributed by atoms with van der Waals surface area (Å²) in [5, 5.41) is 16.0. The summed E-state index contributed by atoms with van der Waals surface area (Å²) in [6, 6.07) is 32.3. The Morgan fingerprint density at radius 3 is 1.80 bits per heavy atom. The molecule has 0 N–H and O–H groups in total. The Balaban J connectivity index is 1.89. The molecule has 0 spiro atoms. The van der Waals surface area contributed by atoms with Crippen molar-refractivity contribution in [1.29, 1.82) is 0 Å². The molecule has 0 saturated carbocycles. The maximum absolute atomic E-state index is 14.1. The molecule has 1 aromatic heterocycles. The number of hydrogen-bond donors (Lipinski definition) is 0. The van der Waals surface area contributed by atoms with Crippen molar-refractivity contribution in [3.05, 3.63) is 125 Å². The smallest absolute Gasteiger partial charge is 0.258 e. The fraction of sp³-hybridized carbons (Fsp3) is 0. The van der Waals surface area contributed by atoms with E-state index < -0.39 is 14.8 Å². The van der Waals surface area contributed by atoms with Gasteiger partial charge in [0.05, 0.1) is 21.2 Å². The summed E-state index contributed by atoms with van der Waals surface area (Å²) >= 11 is 0. The second-order valence-electron chi connectivity index (χ2n) is 7.76. The molecule has 5 rings (SSSR count). The molecule has 0 saturated heterocycles. The van der Waals surface area contributed by atoms with Crippen LogP contribution in [0.15, 0.2) is 125 Å². The zero-order valence-electron chi connectivity index (χ0n) is 18.4. The Labute approximate surface area is 202 Å². The van der Waals surface area contributed by atoms with E-state index in [1.807, 2.05) is 48.5 Å². The second-order valence-corrected chi connectivity index (χ2v) is 9.65. The van der Waals surface area contributed by atoms with Gasteiger partial charge in [-0.05, 0) is 36.4 Å². The predicted octanol–water partition coefficient (Wildman–Crippen LogP) is 5.95. The lowest BCUT2D eigenvalue weighted by molar-refractivity contribution is -0.384. The molecule has 4 aromatic carbocycles. The van der Waals surface area contributed by atoms with Crippen molar-refractivity contribution < 1.29 is 13.3 Å². The number of aromatic nitrogens is 2. The summed E-state index contributed by atoms with van der Waals surface area (Å²) in [4.78, 5) is 10.9. The number of para-hydroxylation sites is 1. The Morgan fingerprint density at radius 2 is 1.23 bits per heavy atom. The average molecular weight is 482 g/mol. The minimum absolute atomic E-state index is 0.0348. The minimum Gasteiger partial charge on any atom is -0.258 e. The molecule has 1 heterocycles. The van der Waals surface area contributed by atoms with Crippen molar-refractivity contribution in [3.8, 4) is 28.2 Å². The lowest BCUT2D eigenvalue weighted by Gasteiger charge is -2.11. The van der Waals surface area contributed by atoms with Crippen LogP contribution >= 0.6 is 0 Å². The SMILES string of the molecule is O=[N+]([O-])c1ccc(-c2c(S(=O)(=O)c3ccccc3)c(-c3ccccc3)nn2-c2ccccc2)cc1. The summed E-state index contributed by atoms with van der Waals surface area (Å²) in [5.74, 6) is 0. The van der Waals surface area contributed by atoms with Crippen LogP contribution in [0.4, 0.5) is 5.69 Å². The normalized spacial score (nSPS) is 11.3. The highest BCUT2D eigenvalue weighted by Gasteiger charge is 2.32. The van der Waals surface area contributed by atoms with E-state index in [-0.39, 0.29) is 15.5 Å². The Kier molecular flexibility index (Phi) is 5.72. The summed E-state index contributed by atoms with van der Waals surface area (Å²) < 4.78 is 29.7. The van der Waals surface area contributed by atoms with Crippen LogP contribution in [0, 0.1) is 10.1 Å². The monoisotopic (exact) mass is 481 g/mol. The third kappa shape index (κ3) is 4.11. The van der Waals surface area contributed by atoms with Gasteiger partial charge in [0.25, 0.3) is 5.69 Å². The van der Waals surface area contributed by atoms with Gasteiger partial charge in [-0.1, -0.05) is 66.7 Å². The van der Waals surface area contributed by atoms with Crippen molar-refractivity contribution in [2.45, 2.75) is 9.79 Å². The number of nitro benzene ring substituents is 1. The molecule has 0 radical (unpaired) electrons. The summed E-state index contributed by atoms with van der Waals surface area (Å²) in [7, 11) is -4.03. The van der Waals surface area contributed by atoms with Gasteiger partial charge < -0.3 is 0 Å². The summed E-state index contributed by atoms with van der Waals surface area (Å²) in [6.45, 7) is 0. The highest BCUT2D eigenvalue weighted by molar-refractivity contribution is 7.91. The molecular weight excluding hydrogens is 462 g/mol. The van der Waals surface area contributed by atoms with Crippen molar-refractivity contribution in [2.75, 3.05) is 0 Å². The number of benzene rings is 4. The van der Waals surface area contributed by atoms with Gasteiger partial charge in [-0.15, -0.1) is 0 Å². The fourth-order valence-electron chi connectivity index (χ4n) is 3.91. The van der Waals surface area contributed by atoms with Crippen LogP contribution in [0.25, 0.3) is 28.2 Å². The molecule has 0 aliphatic heterocycles. The van der Waals surface area contributed by atoms with Gasteiger partial charge in [-0.3, -0.25) is 10.1 Å². The van der Waals surface area contributed by atoms with Gasteiger partial charge in [0, 0.05) is 23.3 Å². The van der Waals surface area contributed by atoms with E-state index in [0.29, 0.717) is 28.2 Å². The van der Waals surface area contributed by atoms with Gasteiger partial charge >= 0.3 is 0 Å². The van der Waals surface area contributed by atoms with E-state index in [1.54, 1.807) is 59.3 Å². The van der Waals surface area contributed by atoms with Gasteiger partial charge in [-0.2, -0.15) is 5.10 Å². The van der Waals surface area contributed by atoms with Crippen LogP contribution in [0.5, 0.6) is 0 Å². The summed E-state index contributed by atoms with van der Waals surface area (Å²) in [5.41, 5.74) is 2.33. The molecule has 0 bridgehead atoms. The number of sulfone groups is 1. The van der Waals surface area contributed by atoms with Gasteiger partial charge in [0.15, 0.2) is 0 Å². The first-order valence-electron chi connectivity index (χ1n) is 10.8. The molecule has 5 aromatic rings. The number of hydrogen-bond acceptors (Lipinski definition) is 5. The van der Waals surface area contributed by atoms with Gasteiger partial charge in [0.2, 0.25) is 9.84 Å². The summed E-state index contributed by atoms with van der Waals surface area (Å²) in [6.07, 6.45) is 0. The van der Waals surface area contributed by atoms with E-state index in [9.17, 15) is 18.5 Å². The van der Waals surface area contributed by atoms with Crippen molar-refractivity contribution in [2.24, 2.45) is 0 Å². The quantitative estimate of drug-likeness (QED) is 0.221. The van der Waals surface area contributed by atoms with Crippen molar-refractivity contribution >= 4 is 15.5 Å². The molecule has 0 atom stereocenters. The Hall–Kier alpha value is -4.56. The molecule has 35 heavy (non-hydrogen) atoms. The molecule has 0 fully saturated rings. The Bertz CT molecular complexity index is 1600. The average Bonchev–Trinajstić information content (AvgIpc) is 3.32. The van der Waals surface area contributed by atoms with Gasteiger partial charge in [-0.25, -0.2) is 13.1 Å². The first-order valence-corrected chi connectivity index (χ1v) is 12.2. The van der Waals surface area contributed by atoms with Crippen LogP contribution in [0.1, 0.15) is 0 Å². The highest BCUT2D eigenvalue weighted by Crippen LogP contribution is 2.40. The highest BCUT2D eigenvalue weighted by atomic mass is 32.2. The molecule has 8 heteroatoms. The lowest BCUT2D eigenvalue weighted by atomic mass is 10.1. The predicted molar refractivity (Wildman–Crippen MR) is 133 cm³/mol. The van der Waals surface area contributed by atoms with Crippen LogP contribution in [0.2, 0.25) is 0 Å². The van der Waals surface area contributed by atoms with Crippen LogP contribution in [-0.2, 0) is 9.84 Å². The van der Waals surface area contributed by atoms with E-state index in [4.69, 9.17) is 5.10 Å². The number of non-ortho nitro benzene ring substituents is 1. The van der Waals surface area contributed by atoms with E-state index in [0.717, 1.165) is 0 Å². The first-order chi connectivity index (χ1) is 17.0. The van der Waals surface area contributed by atoms with Crippen molar-refractivity contribution in [1.82, 2.24) is 9.78 Å². The third-order valence-electron chi connectivity index (χ3n) is 5.56. The first kappa shape index (κ1) is 22.2. The van der Waals surface area contributed by atoms with Crippen LogP contribution in [0.3, 0.4) is 0 Å². The largest absolute Gasteiger partial charge is 0.269 e. The second kappa shape index (κ2) is 9.00. The minimum atomic E-state index is -4.03. The molecule has 0 aliphatic rings. The Morgan fingerprint density at radius 1 is 0.686 bits per heavy atom. The lowest BCUT2D eigenvalue weighted by Crippen LogP contribution is -2.06. The molecule has 0 unspecified atom stereocenters. The molecule has 0 aliphatic carbocycles.